The Balaban J connectivity index is 2.52. The fraction of sp³-hybridized carbons (Fsp3) is 0.700. The summed E-state index contributed by atoms with van der Waals surface area (Å²) in [6.07, 6.45) is 3.02. The minimum absolute atomic E-state index is 0.0808. The first kappa shape index (κ1) is 16.5. The highest BCUT2D eigenvalue weighted by Crippen LogP contribution is 2.47. The van der Waals surface area contributed by atoms with Crippen molar-refractivity contribution in [2.24, 2.45) is 5.41 Å². The Labute approximate surface area is 130 Å². The van der Waals surface area contributed by atoms with Gasteiger partial charge in [0.1, 0.15) is 0 Å². The summed E-state index contributed by atoms with van der Waals surface area (Å²) in [6, 6.07) is 6.68. The molecule has 2 rings (SSSR count). The van der Waals surface area contributed by atoms with Crippen LogP contribution in [-0.2, 0) is 10.8 Å². The van der Waals surface area contributed by atoms with E-state index >= 15 is 0 Å². The maximum atomic E-state index is 10.8. The molecule has 1 aromatic carbocycles. The minimum Gasteiger partial charge on any atom is -0.388 e. The van der Waals surface area contributed by atoms with E-state index in [1.807, 2.05) is 0 Å². The second kappa shape index (κ2) is 5.12. The van der Waals surface area contributed by atoms with Crippen LogP contribution in [0.3, 0.4) is 0 Å². The summed E-state index contributed by atoms with van der Waals surface area (Å²) in [5, 5.41) is 10.8. The number of aliphatic hydroxyl groups excluding tert-OH is 1. The molecule has 0 saturated carbocycles. The quantitative estimate of drug-likeness (QED) is 0.778. The second-order valence-electron chi connectivity index (χ2n) is 8.82. The molecule has 1 aromatic rings. The lowest BCUT2D eigenvalue weighted by atomic mass is 9.62. The third kappa shape index (κ3) is 2.90. The van der Waals surface area contributed by atoms with Crippen molar-refractivity contribution in [1.82, 2.24) is 0 Å². The van der Waals surface area contributed by atoms with Crippen LogP contribution in [0.4, 0.5) is 0 Å². The second-order valence-corrected chi connectivity index (χ2v) is 8.82. The Kier molecular flexibility index (Phi) is 4.04. The molecule has 1 heteroatoms. The molecule has 118 valence electrons. The van der Waals surface area contributed by atoms with E-state index in [-0.39, 0.29) is 16.2 Å². The Morgan fingerprint density at radius 1 is 1.05 bits per heavy atom. The maximum absolute atomic E-state index is 10.8. The first-order chi connectivity index (χ1) is 9.51. The molecule has 0 bridgehead atoms. The van der Waals surface area contributed by atoms with Crippen molar-refractivity contribution in [2.75, 3.05) is 0 Å². The van der Waals surface area contributed by atoms with Gasteiger partial charge < -0.3 is 5.11 Å². The van der Waals surface area contributed by atoms with Crippen LogP contribution in [0.5, 0.6) is 0 Å². The normalized spacial score (nSPS) is 21.7. The third-order valence-corrected chi connectivity index (χ3v) is 5.84. The van der Waals surface area contributed by atoms with E-state index in [1.165, 1.54) is 24.0 Å². The SMILES string of the molecule is CCC(C)(C)C(O)c1ccc2c(c1)C(C)(C)CCC2(C)C. The lowest BCUT2D eigenvalue weighted by Gasteiger charge is -2.42. The van der Waals surface area contributed by atoms with Gasteiger partial charge in [-0.1, -0.05) is 66.7 Å². The number of fused-ring (bicyclic) bond motifs is 1. The predicted octanol–water partition coefficient (Wildman–Crippen LogP) is 5.51. The van der Waals surface area contributed by atoms with Gasteiger partial charge in [-0.05, 0) is 52.2 Å². The van der Waals surface area contributed by atoms with E-state index in [0.29, 0.717) is 0 Å². The van der Waals surface area contributed by atoms with Gasteiger partial charge in [-0.15, -0.1) is 0 Å². The summed E-state index contributed by atoms with van der Waals surface area (Å²) in [5.41, 5.74) is 4.34. The van der Waals surface area contributed by atoms with Gasteiger partial charge in [-0.25, -0.2) is 0 Å². The first-order valence-electron chi connectivity index (χ1n) is 8.34. The largest absolute Gasteiger partial charge is 0.388 e. The fourth-order valence-corrected chi connectivity index (χ4v) is 3.42. The monoisotopic (exact) mass is 288 g/mol. The van der Waals surface area contributed by atoms with Crippen molar-refractivity contribution in [3.05, 3.63) is 34.9 Å². The van der Waals surface area contributed by atoms with E-state index in [4.69, 9.17) is 0 Å². The van der Waals surface area contributed by atoms with E-state index < -0.39 is 6.10 Å². The molecule has 1 unspecified atom stereocenters. The van der Waals surface area contributed by atoms with Gasteiger partial charge >= 0.3 is 0 Å². The van der Waals surface area contributed by atoms with Crippen molar-refractivity contribution in [2.45, 2.75) is 84.7 Å². The zero-order chi connectivity index (χ0) is 16.1. The van der Waals surface area contributed by atoms with Gasteiger partial charge in [-0.3, -0.25) is 0 Å². The molecule has 0 heterocycles. The number of rotatable bonds is 3. The van der Waals surface area contributed by atoms with Gasteiger partial charge in [0.2, 0.25) is 0 Å². The van der Waals surface area contributed by atoms with Crippen molar-refractivity contribution >= 4 is 0 Å². The van der Waals surface area contributed by atoms with Crippen LogP contribution in [0.2, 0.25) is 0 Å². The zero-order valence-corrected chi connectivity index (χ0v) is 14.9. The van der Waals surface area contributed by atoms with Crippen LogP contribution in [0, 0.1) is 5.41 Å². The molecule has 0 spiro atoms. The Morgan fingerprint density at radius 2 is 1.57 bits per heavy atom. The molecule has 0 fully saturated rings. The van der Waals surface area contributed by atoms with E-state index in [9.17, 15) is 5.11 Å². The van der Waals surface area contributed by atoms with Crippen LogP contribution in [0.15, 0.2) is 18.2 Å². The molecule has 1 aliphatic rings. The van der Waals surface area contributed by atoms with Gasteiger partial charge in [0, 0.05) is 0 Å². The Bertz CT molecular complexity index is 523. The number of hydrogen-bond donors (Lipinski definition) is 1. The molecular formula is C20H32O. The summed E-state index contributed by atoms with van der Waals surface area (Å²) in [7, 11) is 0. The first-order valence-corrected chi connectivity index (χ1v) is 8.34. The van der Waals surface area contributed by atoms with E-state index in [1.54, 1.807) is 0 Å². The number of benzene rings is 1. The highest BCUT2D eigenvalue weighted by atomic mass is 16.3. The van der Waals surface area contributed by atoms with Crippen molar-refractivity contribution < 1.29 is 5.11 Å². The van der Waals surface area contributed by atoms with Crippen molar-refractivity contribution in [3.8, 4) is 0 Å². The van der Waals surface area contributed by atoms with Crippen molar-refractivity contribution in [1.29, 1.82) is 0 Å². The van der Waals surface area contributed by atoms with Crippen LogP contribution in [0.25, 0.3) is 0 Å². The topological polar surface area (TPSA) is 20.2 Å². The van der Waals surface area contributed by atoms with E-state index in [0.717, 1.165) is 12.0 Å². The standard InChI is InChI=1S/C20H32O/c1-8-18(2,3)17(21)14-9-10-15-16(13-14)20(6,7)12-11-19(15,4)5/h9-10,13,17,21H,8,11-12H2,1-7H3. The fourth-order valence-electron chi connectivity index (χ4n) is 3.42. The van der Waals surface area contributed by atoms with E-state index in [2.05, 4.69) is 66.7 Å². The highest BCUT2D eigenvalue weighted by Gasteiger charge is 2.38. The lowest BCUT2D eigenvalue weighted by molar-refractivity contribution is 0.0463. The molecule has 1 atom stereocenters. The molecule has 1 aliphatic carbocycles. The Hall–Kier alpha value is -0.820. The molecule has 1 nitrogen and oxygen atoms in total. The zero-order valence-electron chi connectivity index (χ0n) is 14.9. The lowest BCUT2D eigenvalue weighted by Crippen LogP contribution is -2.34. The van der Waals surface area contributed by atoms with Gasteiger partial charge in [0.25, 0.3) is 0 Å². The average Bonchev–Trinajstić information content (AvgIpc) is 2.43. The third-order valence-electron chi connectivity index (χ3n) is 5.84. The molecule has 0 aromatic heterocycles. The smallest absolute Gasteiger partial charge is 0.0840 e. The molecule has 0 aliphatic heterocycles. The summed E-state index contributed by atoms with van der Waals surface area (Å²) in [6.45, 7) is 15.8. The van der Waals surface area contributed by atoms with Crippen LogP contribution in [0.1, 0.15) is 90.5 Å². The van der Waals surface area contributed by atoms with Crippen LogP contribution < -0.4 is 0 Å². The maximum Gasteiger partial charge on any atom is 0.0840 e. The van der Waals surface area contributed by atoms with Crippen LogP contribution in [-0.4, -0.2) is 5.11 Å². The van der Waals surface area contributed by atoms with Gasteiger partial charge in [0.15, 0.2) is 0 Å². The minimum atomic E-state index is -0.395. The summed E-state index contributed by atoms with van der Waals surface area (Å²) >= 11 is 0. The summed E-state index contributed by atoms with van der Waals surface area (Å²) < 4.78 is 0. The molecule has 0 saturated heterocycles. The predicted molar refractivity (Wildman–Crippen MR) is 90.8 cm³/mol. The molecule has 21 heavy (non-hydrogen) atoms. The summed E-state index contributed by atoms with van der Waals surface area (Å²) in [5.74, 6) is 0. The summed E-state index contributed by atoms with van der Waals surface area (Å²) in [4.78, 5) is 0. The molecular weight excluding hydrogens is 256 g/mol. The molecule has 1 N–H and O–H groups in total. The van der Waals surface area contributed by atoms with Crippen LogP contribution >= 0.6 is 0 Å². The number of hydrogen-bond acceptors (Lipinski definition) is 1. The average molecular weight is 288 g/mol. The Morgan fingerprint density at radius 3 is 2.10 bits per heavy atom. The number of aliphatic hydroxyl groups is 1. The van der Waals surface area contributed by atoms with Gasteiger partial charge in [0.05, 0.1) is 6.10 Å². The molecule has 0 radical (unpaired) electrons. The molecule has 0 amide bonds. The van der Waals surface area contributed by atoms with Gasteiger partial charge in [-0.2, -0.15) is 0 Å². The highest BCUT2D eigenvalue weighted by molar-refractivity contribution is 5.44. The van der Waals surface area contributed by atoms with Crippen molar-refractivity contribution in [3.63, 3.8) is 0 Å².